The minimum Gasteiger partial charge on any atom is -0.390 e. The first kappa shape index (κ1) is 16.9. The van der Waals surface area contributed by atoms with E-state index in [4.69, 9.17) is 0 Å². The van der Waals surface area contributed by atoms with Crippen LogP contribution in [0.25, 0.3) is 5.69 Å². The second-order valence-corrected chi connectivity index (χ2v) is 5.88. The molecular formula is C19H20N4O2. The van der Waals surface area contributed by atoms with Gasteiger partial charge in [0, 0.05) is 0 Å². The molecule has 0 aliphatic carbocycles. The molecule has 0 unspecified atom stereocenters. The van der Waals surface area contributed by atoms with Gasteiger partial charge in [-0.3, -0.25) is 4.79 Å². The van der Waals surface area contributed by atoms with Crippen LogP contribution in [0.3, 0.4) is 0 Å². The summed E-state index contributed by atoms with van der Waals surface area (Å²) in [7, 11) is 0. The van der Waals surface area contributed by atoms with Crippen LogP contribution in [0.15, 0.2) is 54.6 Å². The number of carbonyl (C=O) groups is 1. The second kappa shape index (κ2) is 7.27. The van der Waals surface area contributed by atoms with E-state index in [2.05, 4.69) is 15.5 Å². The lowest BCUT2D eigenvalue weighted by Gasteiger charge is -2.13. The van der Waals surface area contributed by atoms with Gasteiger partial charge in [-0.1, -0.05) is 48.0 Å². The lowest BCUT2D eigenvalue weighted by molar-refractivity contribution is 0.0931. The highest BCUT2D eigenvalue weighted by Crippen LogP contribution is 2.14. The summed E-state index contributed by atoms with van der Waals surface area (Å²) < 4.78 is 0. The average Bonchev–Trinajstić information content (AvgIpc) is 3.07. The number of aryl methyl sites for hydroxylation is 1. The van der Waals surface area contributed by atoms with Crippen LogP contribution in [0, 0.1) is 6.92 Å². The molecule has 6 heteroatoms. The summed E-state index contributed by atoms with van der Waals surface area (Å²) in [5.74, 6) is -0.362. The summed E-state index contributed by atoms with van der Waals surface area (Å²) in [6.45, 7) is 3.54. The highest BCUT2D eigenvalue weighted by atomic mass is 16.3. The summed E-state index contributed by atoms with van der Waals surface area (Å²) in [5.41, 5.74) is 3.22. The van der Waals surface area contributed by atoms with Crippen LogP contribution in [0.5, 0.6) is 0 Å². The van der Waals surface area contributed by atoms with E-state index < -0.39 is 0 Å². The molecule has 3 rings (SSSR count). The molecule has 1 atom stereocenters. The highest BCUT2D eigenvalue weighted by molar-refractivity contribution is 5.93. The third-order valence-corrected chi connectivity index (χ3v) is 3.96. The van der Waals surface area contributed by atoms with Crippen molar-refractivity contribution in [1.29, 1.82) is 0 Å². The maximum absolute atomic E-state index is 12.6. The predicted molar refractivity (Wildman–Crippen MR) is 94.3 cm³/mol. The van der Waals surface area contributed by atoms with Crippen LogP contribution in [0.2, 0.25) is 0 Å². The molecule has 1 aromatic heterocycles. The Bertz CT molecular complexity index is 857. The van der Waals surface area contributed by atoms with Gasteiger partial charge in [-0.15, -0.1) is 10.2 Å². The third kappa shape index (κ3) is 3.75. The quantitative estimate of drug-likeness (QED) is 0.750. The zero-order valence-corrected chi connectivity index (χ0v) is 14.2. The predicted octanol–water partition coefficient (Wildman–Crippen LogP) is 2.56. The fourth-order valence-corrected chi connectivity index (χ4v) is 2.50. The number of rotatable bonds is 5. The van der Waals surface area contributed by atoms with Crippen molar-refractivity contribution >= 4 is 5.91 Å². The number of carbonyl (C=O) groups excluding carboxylic acids is 1. The molecular weight excluding hydrogens is 316 g/mol. The van der Waals surface area contributed by atoms with Gasteiger partial charge in [-0.2, -0.15) is 4.80 Å². The normalized spacial score (nSPS) is 12.0. The van der Waals surface area contributed by atoms with Crippen molar-refractivity contribution < 1.29 is 9.90 Å². The monoisotopic (exact) mass is 336 g/mol. The van der Waals surface area contributed by atoms with Crippen LogP contribution < -0.4 is 5.32 Å². The van der Waals surface area contributed by atoms with E-state index in [0.717, 1.165) is 16.8 Å². The van der Waals surface area contributed by atoms with Gasteiger partial charge in [0.05, 0.1) is 18.3 Å². The molecule has 0 saturated heterocycles. The third-order valence-electron chi connectivity index (χ3n) is 3.96. The van der Waals surface area contributed by atoms with Crippen molar-refractivity contribution in [3.63, 3.8) is 0 Å². The number of hydrogen-bond donors (Lipinski definition) is 2. The Morgan fingerprint density at radius 2 is 1.80 bits per heavy atom. The van der Waals surface area contributed by atoms with Crippen LogP contribution >= 0.6 is 0 Å². The van der Waals surface area contributed by atoms with Crippen molar-refractivity contribution in [2.45, 2.75) is 26.5 Å². The molecule has 0 bridgehead atoms. The largest absolute Gasteiger partial charge is 0.390 e. The molecule has 2 aromatic carbocycles. The first-order chi connectivity index (χ1) is 12.1. The Hall–Kier alpha value is -2.99. The molecule has 128 valence electrons. The summed E-state index contributed by atoms with van der Waals surface area (Å²) in [6, 6.07) is 17.1. The van der Waals surface area contributed by atoms with E-state index in [1.54, 1.807) is 0 Å². The Balaban J connectivity index is 1.83. The first-order valence-corrected chi connectivity index (χ1v) is 8.08. The molecule has 1 heterocycles. The number of benzene rings is 2. The zero-order valence-electron chi connectivity index (χ0n) is 14.2. The smallest absolute Gasteiger partial charge is 0.274 e. The van der Waals surface area contributed by atoms with E-state index in [0.29, 0.717) is 0 Å². The van der Waals surface area contributed by atoms with E-state index in [-0.39, 0.29) is 29.9 Å². The van der Waals surface area contributed by atoms with Crippen molar-refractivity contribution in [3.05, 3.63) is 77.1 Å². The van der Waals surface area contributed by atoms with Gasteiger partial charge >= 0.3 is 0 Å². The average molecular weight is 336 g/mol. The van der Waals surface area contributed by atoms with Gasteiger partial charge in [-0.25, -0.2) is 0 Å². The molecule has 6 nitrogen and oxygen atoms in total. The van der Waals surface area contributed by atoms with Crippen LogP contribution in [-0.2, 0) is 6.61 Å². The minimum absolute atomic E-state index is 0.130. The van der Waals surface area contributed by atoms with E-state index in [1.807, 2.05) is 68.4 Å². The zero-order chi connectivity index (χ0) is 17.8. The van der Waals surface area contributed by atoms with E-state index >= 15 is 0 Å². The fraction of sp³-hybridized carbons (Fsp3) is 0.211. The maximum Gasteiger partial charge on any atom is 0.274 e. The molecule has 1 amide bonds. The van der Waals surface area contributed by atoms with Crippen LogP contribution in [-0.4, -0.2) is 26.0 Å². The topological polar surface area (TPSA) is 80.0 Å². The number of aliphatic hydroxyl groups excluding tert-OH is 1. The summed E-state index contributed by atoms with van der Waals surface area (Å²) in [5, 5.41) is 20.9. The number of nitrogens with one attached hydrogen (secondary N) is 1. The van der Waals surface area contributed by atoms with Crippen molar-refractivity contribution in [2.24, 2.45) is 0 Å². The number of aromatic nitrogens is 3. The van der Waals surface area contributed by atoms with Crippen molar-refractivity contribution in [1.82, 2.24) is 20.3 Å². The maximum atomic E-state index is 12.6. The lowest BCUT2D eigenvalue weighted by atomic mass is 10.1. The highest BCUT2D eigenvalue weighted by Gasteiger charge is 2.20. The van der Waals surface area contributed by atoms with Crippen molar-refractivity contribution in [2.75, 3.05) is 0 Å². The molecule has 0 radical (unpaired) electrons. The SMILES string of the molecule is Cc1ccc(-n2nc(CO)c(C(=O)N[C@H](C)c3ccccc3)n2)cc1. The Labute approximate surface area is 146 Å². The summed E-state index contributed by atoms with van der Waals surface area (Å²) in [4.78, 5) is 13.9. The number of amides is 1. The lowest BCUT2D eigenvalue weighted by Crippen LogP contribution is -2.28. The van der Waals surface area contributed by atoms with E-state index in [9.17, 15) is 9.90 Å². The van der Waals surface area contributed by atoms with Gasteiger partial charge in [0.2, 0.25) is 0 Å². The van der Waals surface area contributed by atoms with Gasteiger partial charge in [0.15, 0.2) is 5.69 Å². The molecule has 0 spiro atoms. The number of aliphatic hydroxyl groups is 1. The summed E-state index contributed by atoms with van der Waals surface area (Å²) >= 11 is 0. The second-order valence-electron chi connectivity index (χ2n) is 5.88. The Kier molecular flexibility index (Phi) is 4.90. The van der Waals surface area contributed by atoms with Crippen LogP contribution in [0.4, 0.5) is 0 Å². The van der Waals surface area contributed by atoms with Gasteiger partial charge < -0.3 is 10.4 Å². The van der Waals surface area contributed by atoms with Gasteiger partial charge in [0.1, 0.15) is 5.69 Å². The Morgan fingerprint density at radius 3 is 2.44 bits per heavy atom. The minimum atomic E-state index is -0.362. The molecule has 0 aliphatic heterocycles. The Morgan fingerprint density at radius 1 is 1.12 bits per heavy atom. The molecule has 0 aliphatic rings. The number of nitrogens with zero attached hydrogens (tertiary/aromatic N) is 3. The molecule has 2 N–H and O–H groups in total. The number of hydrogen-bond acceptors (Lipinski definition) is 4. The molecule has 0 fully saturated rings. The van der Waals surface area contributed by atoms with Gasteiger partial charge in [0.25, 0.3) is 5.91 Å². The standard InChI is InChI=1S/C19H20N4O2/c1-13-8-10-16(11-9-13)23-21-17(12-24)18(22-23)19(25)20-14(2)15-6-4-3-5-7-15/h3-11,14,24H,12H2,1-2H3,(H,20,25)/t14-/m1/s1. The van der Waals surface area contributed by atoms with Crippen LogP contribution in [0.1, 0.15) is 40.3 Å². The van der Waals surface area contributed by atoms with Crippen molar-refractivity contribution in [3.8, 4) is 5.69 Å². The fourth-order valence-electron chi connectivity index (χ4n) is 2.50. The van der Waals surface area contributed by atoms with E-state index in [1.165, 1.54) is 4.80 Å². The molecule has 3 aromatic rings. The molecule has 25 heavy (non-hydrogen) atoms. The summed E-state index contributed by atoms with van der Waals surface area (Å²) in [6.07, 6.45) is 0. The van der Waals surface area contributed by atoms with Gasteiger partial charge in [-0.05, 0) is 31.5 Å². The first-order valence-electron chi connectivity index (χ1n) is 8.08. The molecule has 0 saturated carbocycles.